The molecule has 2 N–H and O–H groups in total. The van der Waals surface area contributed by atoms with Gasteiger partial charge < -0.3 is 15.5 Å². The van der Waals surface area contributed by atoms with E-state index in [1.165, 1.54) is 0 Å². The van der Waals surface area contributed by atoms with Crippen LogP contribution in [-0.4, -0.2) is 41.5 Å². The molecule has 1 aliphatic heterocycles. The summed E-state index contributed by atoms with van der Waals surface area (Å²) < 4.78 is 0. The van der Waals surface area contributed by atoms with E-state index in [0.29, 0.717) is 13.0 Å². The molecule has 5 nitrogen and oxygen atoms in total. The van der Waals surface area contributed by atoms with Gasteiger partial charge in [-0.3, -0.25) is 4.79 Å². The van der Waals surface area contributed by atoms with E-state index in [2.05, 4.69) is 10.6 Å². The number of nitrogens with zero attached hydrogens (tertiary/aromatic N) is 1. The predicted molar refractivity (Wildman–Crippen MR) is 75.9 cm³/mol. The van der Waals surface area contributed by atoms with Crippen molar-refractivity contribution in [3.05, 3.63) is 0 Å². The quantitative estimate of drug-likeness (QED) is 0.821. The zero-order chi connectivity index (χ0) is 14.5. The van der Waals surface area contributed by atoms with Gasteiger partial charge in [-0.1, -0.05) is 6.92 Å². The molecule has 3 amide bonds. The third-order valence-corrected chi connectivity index (χ3v) is 3.03. The standard InChI is InChI=1S/C14H27N3O2/c1-5-7-12(18)15-11-8-6-9-17(10-11)13(19)16-14(2,3)4/h11H,5-10H2,1-4H3,(H,15,18)(H,16,19). The van der Waals surface area contributed by atoms with Crippen LogP contribution < -0.4 is 10.6 Å². The van der Waals surface area contributed by atoms with Crippen LogP contribution in [0.25, 0.3) is 0 Å². The van der Waals surface area contributed by atoms with E-state index in [0.717, 1.165) is 25.8 Å². The first kappa shape index (κ1) is 15.8. The SMILES string of the molecule is CCCC(=O)NC1CCCN(C(=O)NC(C)(C)C)C1. The Morgan fingerprint density at radius 2 is 2.00 bits per heavy atom. The predicted octanol–water partition coefficient (Wildman–Crippen LogP) is 1.88. The minimum Gasteiger partial charge on any atom is -0.352 e. The first-order chi connectivity index (χ1) is 8.81. The van der Waals surface area contributed by atoms with E-state index in [1.807, 2.05) is 27.7 Å². The zero-order valence-electron chi connectivity index (χ0n) is 12.6. The molecule has 110 valence electrons. The summed E-state index contributed by atoms with van der Waals surface area (Å²) in [5, 5.41) is 5.97. The van der Waals surface area contributed by atoms with E-state index in [4.69, 9.17) is 0 Å². The van der Waals surface area contributed by atoms with E-state index in [-0.39, 0.29) is 23.5 Å². The van der Waals surface area contributed by atoms with Crippen LogP contribution in [-0.2, 0) is 4.79 Å². The van der Waals surface area contributed by atoms with E-state index in [9.17, 15) is 9.59 Å². The highest BCUT2D eigenvalue weighted by Gasteiger charge is 2.26. The van der Waals surface area contributed by atoms with Crippen molar-refractivity contribution in [3.8, 4) is 0 Å². The molecule has 1 heterocycles. The average Bonchev–Trinajstić information content (AvgIpc) is 2.27. The molecule has 0 radical (unpaired) electrons. The fourth-order valence-corrected chi connectivity index (χ4v) is 2.21. The van der Waals surface area contributed by atoms with Crippen molar-refractivity contribution in [1.29, 1.82) is 0 Å². The van der Waals surface area contributed by atoms with Gasteiger partial charge in [-0.05, 0) is 40.0 Å². The highest BCUT2D eigenvalue weighted by atomic mass is 16.2. The zero-order valence-corrected chi connectivity index (χ0v) is 12.6. The number of nitrogens with one attached hydrogen (secondary N) is 2. The second kappa shape index (κ2) is 6.78. The van der Waals surface area contributed by atoms with Crippen LogP contribution in [0.15, 0.2) is 0 Å². The normalized spacial score (nSPS) is 20.0. The molecule has 1 rings (SSSR count). The number of hydrogen-bond acceptors (Lipinski definition) is 2. The average molecular weight is 269 g/mol. The van der Waals surface area contributed by atoms with Gasteiger partial charge in [0.25, 0.3) is 0 Å². The maximum Gasteiger partial charge on any atom is 0.317 e. The van der Waals surface area contributed by atoms with Gasteiger partial charge in [0, 0.05) is 31.1 Å². The Kier molecular flexibility index (Phi) is 5.63. The molecule has 0 aliphatic carbocycles. The van der Waals surface area contributed by atoms with Gasteiger partial charge in [0.15, 0.2) is 0 Å². The molecule has 1 saturated heterocycles. The molecular weight excluding hydrogens is 242 g/mol. The Balaban J connectivity index is 2.45. The summed E-state index contributed by atoms with van der Waals surface area (Å²) in [4.78, 5) is 25.5. The van der Waals surface area contributed by atoms with Crippen LogP contribution in [0.1, 0.15) is 53.4 Å². The number of likely N-dealkylation sites (tertiary alicyclic amines) is 1. The number of carbonyl (C=O) groups excluding carboxylic acids is 2. The van der Waals surface area contributed by atoms with Crippen molar-refractivity contribution in [2.24, 2.45) is 0 Å². The number of amides is 3. The third kappa shape index (κ3) is 5.94. The van der Waals surface area contributed by atoms with Crippen molar-refractivity contribution in [1.82, 2.24) is 15.5 Å². The molecule has 0 aromatic carbocycles. The van der Waals surface area contributed by atoms with Crippen molar-refractivity contribution in [2.75, 3.05) is 13.1 Å². The second-order valence-corrected chi connectivity index (χ2v) is 6.28. The van der Waals surface area contributed by atoms with Crippen LogP contribution in [0.3, 0.4) is 0 Å². The molecule has 0 aromatic rings. The van der Waals surface area contributed by atoms with Crippen molar-refractivity contribution in [2.45, 2.75) is 65.0 Å². The van der Waals surface area contributed by atoms with Gasteiger partial charge in [-0.25, -0.2) is 4.79 Å². The molecule has 1 unspecified atom stereocenters. The molecule has 0 spiro atoms. The Bertz CT molecular complexity index is 323. The molecular formula is C14H27N3O2. The molecule has 0 saturated carbocycles. The summed E-state index contributed by atoms with van der Waals surface area (Å²) in [6.45, 7) is 9.27. The summed E-state index contributed by atoms with van der Waals surface area (Å²) in [7, 11) is 0. The van der Waals surface area contributed by atoms with Gasteiger partial charge in [-0.2, -0.15) is 0 Å². The molecule has 5 heteroatoms. The van der Waals surface area contributed by atoms with Crippen LogP contribution in [0.4, 0.5) is 4.79 Å². The Morgan fingerprint density at radius 1 is 1.32 bits per heavy atom. The van der Waals surface area contributed by atoms with Gasteiger partial charge >= 0.3 is 6.03 Å². The largest absolute Gasteiger partial charge is 0.352 e. The fourth-order valence-electron chi connectivity index (χ4n) is 2.21. The molecule has 0 aromatic heterocycles. The van der Waals surface area contributed by atoms with Crippen LogP contribution in [0.2, 0.25) is 0 Å². The monoisotopic (exact) mass is 269 g/mol. The number of hydrogen-bond donors (Lipinski definition) is 2. The molecule has 1 aliphatic rings. The first-order valence-corrected chi connectivity index (χ1v) is 7.18. The van der Waals surface area contributed by atoms with E-state index in [1.54, 1.807) is 4.90 Å². The number of carbonyl (C=O) groups is 2. The number of urea groups is 1. The van der Waals surface area contributed by atoms with Gasteiger partial charge in [0.1, 0.15) is 0 Å². The van der Waals surface area contributed by atoms with E-state index >= 15 is 0 Å². The Morgan fingerprint density at radius 3 is 2.58 bits per heavy atom. The lowest BCUT2D eigenvalue weighted by Crippen LogP contribution is -2.55. The molecule has 0 bridgehead atoms. The number of piperidine rings is 1. The fraction of sp³-hybridized carbons (Fsp3) is 0.857. The lowest BCUT2D eigenvalue weighted by atomic mass is 10.1. The summed E-state index contributed by atoms with van der Waals surface area (Å²) in [6.07, 6.45) is 3.31. The maximum absolute atomic E-state index is 12.1. The minimum absolute atomic E-state index is 0.0399. The lowest BCUT2D eigenvalue weighted by Gasteiger charge is -2.35. The van der Waals surface area contributed by atoms with Crippen LogP contribution in [0.5, 0.6) is 0 Å². The molecule has 19 heavy (non-hydrogen) atoms. The van der Waals surface area contributed by atoms with Gasteiger partial charge in [0.05, 0.1) is 0 Å². The topological polar surface area (TPSA) is 61.4 Å². The summed E-state index contributed by atoms with van der Waals surface area (Å²) in [5.74, 6) is 0.0885. The third-order valence-electron chi connectivity index (χ3n) is 3.03. The van der Waals surface area contributed by atoms with Crippen LogP contribution >= 0.6 is 0 Å². The van der Waals surface area contributed by atoms with E-state index < -0.39 is 0 Å². The Hall–Kier alpha value is -1.26. The summed E-state index contributed by atoms with van der Waals surface area (Å²) in [6, 6.07) is 0.0560. The van der Waals surface area contributed by atoms with Gasteiger partial charge in [0.2, 0.25) is 5.91 Å². The van der Waals surface area contributed by atoms with Crippen LogP contribution in [0, 0.1) is 0 Å². The smallest absolute Gasteiger partial charge is 0.317 e. The molecule has 1 fully saturated rings. The minimum atomic E-state index is -0.227. The van der Waals surface area contributed by atoms with Crippen molar-refractivity contribution in [3.63, 3.8) is 0 Å². The maximum atomic E-state index is 12.1. The second-order valence-electron chi connectivity index (χ2n) is 6.28. The Labute approximate surface area is 116 Å². The first-order valence-electron chi connectivity index (χ1n) is 7.18. The highest BCUT2D eigenvalue weighted by Crippen LogP contribution is 2.12. The number of rotatable bonds is 3. The summed E-state index contributed by atoms with van der Waals surface area (Å²) >= 11 is 0. The van der Waals surface area contributed by atoms with Crippen molar-refractivity contribution >= 4 is 11.9 Å². The highest BCUT2D eigenvalue weighted by molar-refractivity contribution is 5.77. The van der Waals surface area contributed by atoms with Gasteiger partial charge in [-0.15, -0.1) is 0 Å². The van der Waals surface area contributed by atoms with Crippen molar-refractivity contribution < 1.29 is 9.59 Å². The lowest BCUT2D eigenvalue weighted by molar-refractivity contribution is -0.122. The summed E-state index contributed by atoms with van der Waals surface area (Å²) in [5.41, 5.74) is -0.227. The molecule has 1 atom stereocenters.